The first-order valence-electron chi connectivity index (χ1n) is 10.2. The highest BCUT2D eigenvalue weighted by Crippen LogP contribution is 2.30. The Kier molecular flexibility index (Phi) is 7.49. The lowest BCUT2D eigenvalue weighted by atomic mass is 9.96. The average Bonchev–Trinajstić information content (AvgIpc) is 3.15. The van der Waals surface area contributed by atoms with Crippen molar-refractivity contribution in [3.63, 3.8) is 0 Å². The number of halogens is 3. The van der Waals surface area contributed by atoms with E-state index in [4.69, 9.17) is 0 Å². The summed E-state index contributed by atoms with van der Waals surface area (Å²) < 4.78 is 41.3. The molecule has 1 heterocycles. The number of nitrogens with zero attached hydrogens (tertiary/aromatic N) is 3. The fraction of sp³-hybridized carbons (Fsp3) is 0.333. The van der Waals surface area contributed by atoms with E-state index in [1.165, 1.54) is 11.1 Å². The second-order valence-corrected chi connectivity index (χ2v) is 8.47. The fourth-order valence-corrected chi connectivity index (χ4v) is 4.17. The molecule has 1 aromatic heterocycles. The second-order valence-electron chi connectivity index (χ2n) is 7.62. The number of rotatable bonds is 8. The second kappa shape index (κ2) is 10.1. The van der Waals surface area contributed by atoms with Gasteiger partial charge < -0.3 is 4.90 Å². The Labute approximate surface area is 185 Å². The van der Waals surface area contributed by atoms with Crippen molar-refractivity contribution >= 4 is 17.7 Å². The smallest absolute Gasteiger partial charge is 0.139 e. The van der Waals surface area contributed by atoms with Crippen LogP contribution in [0.2, 0.25) is 0 Å². The molecule has 0 radical (unpaired) electrons. The lowest BCUT2D eigenvalue weighted by molar-refractivity contribution is 0.548. The van der Waals surface area contributed by atoms with Gasteiger partial charge in [0, 0.05) is 44.1 Å². The first kappa shape index (κ1) is 23.0. The van der Waals surface area contributed by atoms with Crippen molar-refractivity contribution in [3.8, 4) is 10.6 Å². The molecule has 0 aliphatic carbocycles. The Balaban J connectivity index is 1.74. The van der Waals surface area contributed by atoms with Crippen LogP contribution in [0.4, 0.5) is 13.2 Å². The van der Waals surface area contributed by atoms with Crippen molar-refractivity contribution in [2.24, 2.45) is 4.99 Å². The van der Waals surface area contributed by atoms with Crippen molar-refractivity contribution in [1.29, 1.82) is 0 Å². The molecule has 0 spiro atoms. The fourth-order valence-electron chi connectivity index (χ4n) is 3.30. The van der Waals surface area contributed by atoms with E-state index in [1.807, 2.05) is 18.3 Å². The molecular weight excluding hydrogens is 419 g/mol. The zero-order valence-electron chi connectivity index (χ0n) is 18.2. The van der Waals surface area contributed by atoms with Gasteiger partial charge in [-0.1, -0.05) is 12.1 Å². The molecule has 0 saturated heterocycles. The van der Waals surface area contributed by atoms with Gasteiger partial charge in [0.25, 0.3) is 0 Å². The Morgan fingerprint density at radius 1 is 1.03 bits per heavy atom. The van der Waals surface area contributed by atoms with Crippen LogP contribution in [0.3, 0.4) is 0 Å². The van der Waals surface area contributed by atoms with Gasteiger partial charge in [-0.25, -0.2) is 18.2 Å². The zero-order valence-corrected chi connectivity index (χ0v) is 19.0. The third kappa shape index (κ3) is 5.73. The van der Waals surface area contributed by atoms with Crippen LogP contribution in [0.25, 0.3) is 10.6 Å². The highest BCUT2D eigenvalue weighted by atomic mass is 32.1. The third-order valence-corrected chi connectivity index (χ3v) is 6.13. The summed E-state index contributed by atoms with van der Waals surface area (Å²) in [6, 6.07) is 5.67. The maximum absolute atomic E-state index is 14.1. The summed E-state index contributed by atoms with van der Waals surface area (Å²) in [5.74, 6) is -2.82. The molecule has 0 N–H and O–H groups in total. The predicted molar refractivity (Wildman–Crippen MR) is 122 cm³/mol. The molecule has 164 valence electrons. The summed E-state index contributed by atoms with van der Waals surface area (Å²) in [6.45, 7) is 7.87. The minimum absolute atomic E-state index is 0.214. The third-order valence-electron chi connectivity index (χ3n) is 5.23. The molecule has 0 aliphatic rings. The molecule has 7 heteroatoms. The minimum atomic E-state index is -0.942. The van der Waals surface area contributed by atoms with Gasteiger partial charge in [-0.2, -0.15) is 0 Å². The summed E-state index contributed by atoms with van der Waals surface area (Å²) in [6.07, 6.45) is 3.29. The summed E-state index contributed by atoms with van der Waals surface area (Å²) in [5.41, 5.74) is 5.15. The molecule has 0 atom stereocenters. The summed E-state index contributed by atoms with van der Waals surface area (Å²) in [7, 11) is 2.00. The SMILES string of the molecule is CCN(C)C=NCCc1cc(C)c(Cc2csc(-c3c(F)cc(F)cc3F)n2)cc1C. The Morgan fingerprint density at radius 3 is 2.35 bits per heavy atom. The quantitative estimate of drug-likeness (QED) is 0.316. The number of hydrogen-bond donors (Lipinski definition) is 0. The molecule has 0 unspecified atom stereocenters. The molecular formula is C24H26F3N3S. The van der Waals surface area contributed by atoms with Crippen molar-refractivity contribution in [1.82, 2.24) is 9.88 Å². The summed E-state index contributed by atoms with van der Waals surface area (Å²) >= 11 is 1.15. The number of aryl methyl sites for hydroxylation is 2. The molecule has 0 amide bonds. The number of benzene rings is 2. The van der Waals surface area contributed by atoms with Gasteiger partial charge in [0.2, 0.25) is 0 Å². The van der Waals surface area contributed by atoms with E-state index in [-0.39, 0.29) is 10.6 Å². The first-order chi connectivity index (χ1) is 14.8. The van der Waals surface area contributed by atoms with Crippen LogP contribution in [0.1, 0.15) is 34.9 Å². The normalized spacial score (nSPS) is 11.5. The van der Waals surface area contributed by atoms with E-state index < -0.39 is 17.5 Å². The van der Waals surface area contributed by atoms with Gasteiger partial charge in [-0.3, -0.25) is 4.99 Å². The predicted octanol–water partition coefficient (Wildman–Crippen LogP) is 5.96. The van der Waals surface area contributed by atoms with E-state index in [2.05, 4.69) is 42.9 Å². The molecule has 3 rings (SSSR count). The van der Waals surface area contributed by atoms with Gasteiger partial charge in [0.05, 0.1) is 17.6 Å². The Hall–Kier alpha value is -2.67. The van der Waals surface area contributed by atoms with Gasteiger partial charge in [0.15, 0.2) is 0 Å². The van der Waals surface area contributed by atoms with Crippen molar-refractivity contribution in [2.45, 2.75) is 33.6 Å². The van der Waals surface area contributed by atoms with Crippen molar-refractivity contribution < 1.29 is 13.2 Å². The van der Waals surface area contributed by atoms with Crippen LogP contribution < -0.4 is 0 Å². The van der Waals surface area contributed by atoms with Crippen molar-refractivity contribution in [2.75, 3.05) is 20.1 Å². The topological polar surface area (TPSA) is 28.5 Å². The number of hydrogen-bond acceptors (Lipinski definition) is 3. The van der Waals surface area contributed by atoms with Gasteiger partial charge in [0.1, 0.15) is 22.5 Å². The Bertz CT molecular complexity index is 1070. The highest BCUT2D eigenvalue weighted by Gasteiger charge is 2.17. The zero-order chi connectivity index (χ0) is 22.5. The standard InChI is InChI=1S/C24H26F3N3S/c1-5-30(4)14-28-7-6-17-8-16(3)18(9-15(17)2)10-20-13-31-24(29-20)23-21(26)11-19(25)12-22(23)27/h8-9,11-14H,5-7,10H2,1-4H3. The molecule has 0 bridgehead atoms. The molecule has 2 aromatic carbocycles. The van der Waals surface area contributed by atoms with Crippen LogP contribution >= 0.6 is 11.3 Å². The summed E-state index contributed by atoms with van der Waals surface area (Å²) in [4.78, 5) is 10.9. The van der Waals surface area contributed by atoms with Gasteiger partial charge in [-0.05, 0) is 49.4 Å². The lowest BCUT2D eigenvalue weighted by Gasteiger charge is -2.12. The Morgan fingerprint density at radius 2 is 1.68 bits per heavy atom. The van der Waals surface area contributed by atoms with Gasteiger partial charge >= 0.3 is 0 Å². The van der Waals surface area contributed by atoms with Gasteiger partial charge in [-0.15, -0.1) is 11.3 Å². The molecule has 0 fully saturated rings. The van der Waals surface area contributed by atoms with Crippen LogP contribution in [0.15, 0.2) is 34.6 Å². The summed E-state index contributed by atoms with van der Waals surface area (Å²) in [5, 5.41) is 2.00. The highest BCUT2D eigenvalue weighted by molar-refractivity contribution is 7.13. The van der Waals surface area contributed by atoms with Crippen LogP contribution in [0.5, 0.6) is 0 Å². The van der Waals surface area contributed by atoms with Crippen molar-refractivity contribution in [3.05, 3.63) is 75.0 Å². The van der Waals surface area contributed by atoms with E-state index >= 15 is 0 Å². The minimum Gasteiger partial charge on any atom is -0.366 e. The van der Waals surface area contributed by atoms with E-state index in [0.29, 0.717) is 18.6 Å². The molecule has 3 aromatic rings. The lowest BCUT2D eigenvalue weighted by Crippen LogP contribution is -2.15. The maximum atomic E-state index is 14.1. The van der Waals surface area contributed by atoms with Crippen LogP contribution in [-0.2, 0) is 12.8 Å². The average molecular weight is 446 g/mol. The first-order valence-corrected chi connectivity index (χ1v) is 11.0. The molecule has 0 saturated carbocycles. The number of aliphatic imine (C=N–C) groups is 1. The molecule has 31 heavy (non-hydrogen) atoms. The largest absolute Gasteiger partial charge is 0.366 e. The monoisotopic (exact) mass is 445 g/mol. The number of aromatic nitrogens is 1. The van der Waals surface area contributed by atoms with E-state index in [1.54, 1.807) is 5.38 Å². The maximum Gasteiger partial charge on any atom is 0.139 e. The number of thiazole rings is 1. The molecule has 0 aliphatic heterocycles. The van der Waals surface area contributed by atoms with E-state index in [0.717, 1.165) is 47.7 Å². The molecule has 3 nitrogen and oxygen atoms in total. The van der Waals surface area contributed by atoms with Crippen LogP contribution in [-0.4, -0.2) is 36.4 Å². The van der Waals surface area contributed by atoms with E-state index in [9.17, 15) is 13.2 Å². The van der Waals surface area contributed by atoms with Crippen LogP contribution in [0, 0.1) is 31.3 Å².